The van der Waals surface area contributed by atoms with Crippen molar-refractivity contribution in [3.8, 4) is 11.3 Å². The summed E-state index contributed by atoms with van der Waals surface area (Å²) in [6.45, 7) is 2.23. The van der Waals surface area contributed by atoms with E-state index in [1.54, 1.807) is 49.8 Å². The Kier molecular flexibility index (Phi) is 6.43. The van der Waals surface area contributed by atoms with Crippen LogP contribution in [-0.2, 0) is 9.53 Å². The van der Waals surface area contributed by atoms with Crippen molar-refractivity contribution < 1.29 is 18.8 Å². The van der Waals surface area contributed by atoms with Gasteiger partial charge in [0.2, 0.25) is 5.91 Å². The summed E-state index contributed by atoms with van der Waals surface area (Å²) >= 11 is 5.90. The van der Waals surface area contributed by atoms with Crippen molar-refractivity contribution >= 4 is 34.9 Å². The highest BCUT2D eigenvalue weighted by Gasteiger charge is 2.40. The topological polar surface area (TPSA) is 96.7 Å². The lowest BCUT2D eigenvalue weighted by Gasteiger charge is -2.24. The molecule has 4 rings (SSSR count). The van der Waals surface area contributed by atoms with Crippen LogP contribution in [0.15, 0.2) is 59.3 Å². The van der Waals surface area contributed by atoms with Crippen LogP contribution in [0.25, 0.3) is 11.3 Å². The zero-order chi connectivity index (χ0) is 22.7. The van der Waals surface area contributed by atoms with Gasteiger partial charge in [-0.05, 0) is 43.3 Å². The van der Waals surface area contributed by atoms with E-state index in [1.807, 2.05) is 19.1 Å². The van der Waals surface area contributed by atoms with Crippen LogP contribution in [0.4, 0.5) is 16.2 Å². The smallest absolute Gasteiger partial charge is 0.322 e. The molecule has 32 heavy (non-hydrogen) atoms. The molecule has 3 amide bonds. The molecule has 1 saturated heterocycles. The summed E-state index contributed by atoms with van der Waals surface area (Å²) in [5, 5.41) is 10.3. The zero-order valence-electron chi connectivity index (χ0n) is 17.7. The maximum absolute atomic E-state index is 13.0. The number of carbonyl (C=O) groups excluding carboxylic acids is 2. The first-order valence-electron chi connectivity index (χ1n) is 10.1. The molecule has 0 saturated carbocycles. The maximum atomic E-state index is 13.0. The molecule has 1 aromatic heterocycles. The molecule has 0 spiro atoms. The van der Waals surface area contributed by atoms with Crippen LogP contribution < -0.4 is 10.6 Å². The fourth-order valence-electron chi connectivity index (χ4n) is 3.67. The average Bonchev–Trinajstić information content (AvgIpc) is 3.42. The summed E-state index contributed by atoms with van der Waals surface area (Å²) in [7, 11) is 1.57. The van der Waals surface area contributed by atoms with Gasteiger partial charge < -0.3 is 24.8 Å². The Bertz CT molecular complexity index is 1100. The maximum Gasteiger partial charge on any atom is 0.322 e. The lowest BCUT2D eigenvalue weighted by atomic mass is 10.1. The number of hydrogen-bond donors (Lipinski definition) is 2. The van der Waals surface area contributed by atoms with Crippen LogP contribution in [0.1, 0.15) is 12.0 Å². The molecule has 9 heteroatoms. The third-order valence-corrected chi connectivity index (χ3v) is 5.68. The standard InChI is InChI=1S/C23H23ClN4O4/c1-14-13-32-27-21(14)15-3-7-17(8-4-15)25-22(29)20-11-19(31-2)12-28(20)23(30)26-18-9-5-16(24)6-10-18/h3-10,13,19-20H,11-12H2,1-2H3,(H,25,29)(H,26,30)/t19-,20-/m1/s1. The number of rotatable bonds is 5. The fourth-order valence-corrected chi connectivity index (χ4v) is 3.80. The zero-order valence-corrected chi connectivity index (χ0v) is 18.4. The van der Waals surface area contributed by atoms with Gasteiger partial charge in [0.15, 0.2) is 0 Å². The molecule has 2 atom stereocenters. The van der Waals surface area contributed by atoms with Gasteiger partial charge in [-0.15, -0.1) is 0 Å². The number of nitrogens with one attached hydrogen (secondary N) is 2. The second-order valence-electron chi connectivity index (χ2n) is 7.61. The minimum absolute atomic E-state index is 0.223. The number of urea groups is 1. The number of nitrogens with zero attached hydrogens (tertiary/aromatic N) is 2. The summed E-state index contributed by atoms with van der Waals surface area (Å²) in [5.74, 6) is -0.277. The number of ether oxygens (including phenoxy) is 1. The van der Waals surface area contributed by atoms with Gasteiger partial charge in [0.05, 0.1) is 6.10 Å². The highest BCUT2D eigenvalue weighted by atomic mass is 35.5. The number of aromatic nitrogens is 1. The van der Waals surface area contributed by atoms with Gasteiger partial charge in [0.25, 0.3) is 0 Å². The van der Waals surface area contributed by atoms with E-state index in [-0.39, 0.29) is 18.0 Å². The van der Waals surface area contributed by atoms with Crippen LogP contribution in [-0.4, -0.2) is 47.8 Å². The van der Waals surface area contributed by atoms with E-state index < -0.39 is 6.04 Å². The van der Waals surface area contributed by atoms with Gasteiger partial charge in [-0.3, -0.25) is 4.79 Å². The molecule has 1 aliphatic heterocycles. The van der Waals surface area contributed by atoms with Crippen molar-refractivity contribution in [3.63, 3.8) is 0 Å². The minimum Gasteiger partial charge on any atom is -0.380 e. The van der Waals surface area contributed by atoms with Crippen LogP contribution in [0.3, 0.4) is 0 Å². The Balaban J connectivity index is 1.45. The molecular weight excluding hydrogens is 432 g/mol. The van der Waals surface area contributed by atoms with Crippen molar-refractivity contribution in [2.45, 2.75) is 25.5 Å². The van der Waals surface area contributed by atoms with Crippen molar-refractivity contribution in [2.24, 2.45) is 0 Å². The highest BCUT2D eigenvalue weighted by Crippen LogP contribution is 2.26. The molecule has 0 aliphatic carbocycles. The van der Waals surface area contributed by atoms with Crippen LogP contribution in [0.2, 0.25) is 5.02 Å². The van der Waals surface area contributed by atoms with E-state index in [0.717, 1.165) is 16.8 Å². The summed E-state index contributed by atoms with van der Waals surface area (Å²) in [4.78, 5) is 27.4. The molecule has 3 aromatic rings. The molecule has 166 valence electrons. The van der Waals surface area contributed by atoms with E-state index in [0.29, 0.717) is 29.4 Å². The number of likely N-dealkylation sites (tertiary alicyclic amines) is 1. The Morgan fingerprint density at radius 3 is 2.38 bits per heavy atom. The van der Waals surface area contributed by atoms with E-state index >= 15 is 0 Å². The fraction of sp³-hybridized carbons (Fsp3) is 0.261. The average molecular weight is 455 g/mol. The Hall–Kier alpha value is -3.36. The molecule has 8 nitrogen and oxygen atoms in total. The van der Waals surface area contributed by atoms with Crippen LogP contribution in [0, 0.1) is 6.92 Å². The molecule has 0 radical (unpaired) electrons. The molecular formula is C23H23ClN4O4. The normalized spacial score (nSPS) is 17.9. The number of halogens is 1. The largest absolute Gasteiger partial charge is 0.380 e. The molecule has 0 bridgehead atoms. The van der Waals surface area contributed by atoms with Crippen molar-refractivity contribution in [1.82, 2.24) is 10.1 Å². The van der Waals surface area contributed by atoms with Gasteiger partial charge in [-0.25, -0.2) is 4.79 Å². The summed E-state index contributed by atoms with van der Waals surface area (Å²) in [6.07, 6.45) is 1.77. The first-order chi connectivity index (χ1) is 15.4. The number of carbonyl (C=O) groups is 2. The van der Waals surface area contributed by atoms with Gasteiger partial charge in [-0.2, -0.15) is 0 Å². The van der Waals surface area contributed by atoms with Gasteiger partial charge in [-0.1, -0.05) is 28.9 Å². The minimum atomic E-state index is -0.662. The van der Waals surface area contributed by atoms with E-state index in [1.165, 1.54) is 4.90 Å². The Labute approximate surface area is 190 Å². The quantitative estimate of drug-likeness (QED) is 0.589. The van der Waals surface area contributed by atoms with Gasteiger partial charge in [0.1, 0.15) is 18.0 Å². The second-order valence-corrected chi connectivity index (χ2v) is 8.05. The highest BCUT2D eigenvalue weighted by molar-refractivity contribution is 6.30. The number of methoxy groups -OCH3 is 1. The lowest BCUT2D eigenvalue weighted by Crippen LogP contribution is -2.45. The van der Waals surface area contributed by atoms with Crippen molar-refractivity contribution in [3.05, 3.63) is 65.4 Å². The SMILES string of the molecule is CO[C@@H]1C[C@H](C(=O)Nc2ccc(-c3nocc3C)cc2)N(C(=O)Nc2ccc(Cl)cc2)C1. The molecule has 2 N–H and O–H groups in total. The predicted octanol–water partition coefficient (Wildman–Crippen LogP) is 4.56. The first kappa shape index (κ1) is 21.9. The number of hydrogen-bond acceptors (Lipinski definition) is 5. The molecule has 1 fully saturated rings. The molecule has 2 heterocycles. The number of benzene rings is 2. The lowest BCUT2D eigenvalue weighted by molar-refractivity contribution is -0.119. The first-order valence-corrected chi connectivity index (χ1v) is 10.5. The van der Waals surface area contributed by atoms with Gasteiger partial charge >= 0.3 is 6.03 Å². The Morgan fingerprint density at radius 1 is 1.09 bits per heavy atom. The molecule has 0 unspecified atom stereocenters. The van der Waals surface area contributed by atoms with Gasteiger partial charge in [0, 0.05) is 47.6 Å². The van der Waals surface area contributed by atoms with Crippen LogP contribution >= 0.6 is 11.6 Å². The monoisotopic (exact) mass is 454 g/mol. The van der Waals surface area contributed by atoms with Crippen LogP contribution in [0.5, 0.6) is 0 Å². The number of aryl methyl sites for hydroxylation is 1. The molecule has 2 aromatic carbocycles. The third kappa shape index (κ3) is 4.76. The Morgan fingerprint density at radius 2 is 1.75 bits per heavy atom. The predicted molar refractivity (Wildman–Crippen MR) is 122 cm³/mol. The molecule has 1 aliphatic rings. The van der Waals surface area contributed by atoms with E-state index in [2.05, 4.69) is 15.8 Å². The second kappa shape index (κ2) is 9.42. The van der Waals surface area contributed by atoms with E-state index in [4.69, 9.17) is 20.9 Å². The summed E-state index contributed by atoms with van der Waals surface area (Å²) < 4.78 is 10.4. The van der Waals surface area contributed by atoms with E-state index in [9.17, 15) is 9.59 Å². The number of anilines is 2. The number of amides is 3. The summed E-state index contributed by atoms with van der Waals surface area (Å²) in [5.41, 5.74) is 3.79. The van der Waals surface area contributed by atoms with Crippen molar-refractivity contribution in [2.75, 3.05) is 24.3 Å². The summed E-state index contributed by atoms with van der Waals surface area (Å²) in [6, 6.07) is 13.1. The van der Waals surface area contributed by atoms with Crippen molar-refractivity contribution in [1.29, 1.82) is 0 Å². The third-order valence-electron chi connectivity index (χ3n) is 5.43.